The molecule has 0 aliphatic heterocycles. The summed E-state index contributed by atoms with van der Waals surface area (Å²) in [6, 6.07) is -0.283. The van der Waals surface area contributed by atoms with Crippen molar-refractivity contribution in [3.05, 3.63) is 23.4 Å². The van der Waals surface area contributed by atoms with Gasteiger partial charge in [-0.25, -0.2) is 9.78 Å². The van der Waals surface area contributed by atoms with E-state index in [1.165, 1.54) is 33.1 Å². The highest BCUT2D eigenvalue weighted by atomic mass is 19.4. The second-order valence-corrected chi connectivity index (χ2v) is 5.00. The fourth-order valence-electron chi connectivity index (χ4n) is 1.95. The lowest BCUT2D eigenvalue weighted by Crippen LogP contribution is -2.46. The zero-order valence-corrected chi connectivity index (χ0v) is 13.6. The van der Waals surface area contributed by atoms with Crippen LogP contribution in [0, 0.1) is 6.92 Å². The number of halogens is 3. The second kappa shape index (κ2) is 7.60. The molecule has 9 heteroatoms. The number of likely N-dealkylation sites (N-methyl/N-ethyl adjacent to an activating group) is 1. The Bertz CT molecular complexity index is 548. The molecule has 0 aromatic carbocycles. The van der Waals surface area contributed by atoms with Crippen LogP contribution in [0.3, 0.4) is 0 Å². The van der Waals surface area contributed by atoms with E-state index in [9.17, 15) is 18.0 Å². The number of urea groups is 1. The van der Waals surface area contributed by atoms with Crippen LogP contribution < -0.4 is 5.32 Å². The van der Waals surface area contributed by atoms with Crippen molar-refractivity contribution in [3.8, 4) is 0 Å². The molecule has 1 aromatic rings. The number of carbonyl (C=O) groups is 1. The maximum atomic E-state index is 12.9. The minimum Gasteiger partial charge on any atom is -0.354 e. The molecule has 0 saturated carbocycles. The van der Waals surface area contributed by atoms with Crippen molar-refractivity contribution in [2.24, 2.45) is 0 Å². The highest BCUT2D eigenvalue weighted by molar-refractivity contribution is 5.88. The van der Waals surface area contributed by atoms with E-state index in [2.05, 4.69) is 10.3 Å². The van der Waals surface area contributed by atoms with Crippen LogP contribution in [0.5, 0.6) is 0 Å². The Balaban J connectivity index is 2.89. The monoisotopic (exact) mass is 335 g/mol. The molecule has 1 aromatic heterocycles. The van der Waals surface area contributed by atoms with Gasteiger partial charge in [-0.1, -0.05) is 0 Å². The van der Waals surface area contributed by atoms with Crippen LogP contribution in [-0.4, -0.2) is 49.5 Å². The number of pyridine rings is 1. The van der Waals surface area contributed by atoms with Gasteiger partial charge in [0.05, 0.1) is 11.6 Å². The standard InChI is InChI=1S/C14H20F3N3O3/c1-8-7-18-11(6-10(8)14(15,16)17)19-13(21)20(3)9(2)12(22-4)23-5/h6-7,9,12H,1-5H3,(H,18,19,21). The number of rotatable bonds is 5. The van der Waals surface area contributed by atoms with Gasteiger partial charge in [0.2, 0.25) is 0 Å². The third-order valence-corrected chi connectivity index (χ3v) is 3.43. The van der Waals surface area contributed by atoms with Gasteiger partial charge in [0.1, 0.15) is 5.82 Å². The summed E-state index contributed by atoms with van der Waals surface area (Å²) < 4.78 is 48.7. The van der Waals surface area contributed by atoms with Crippen molar-refractivity contribution in [3.63, 3.8) is 0 Å². The van der Waals surface area contributed by atoms with E-state index in [1.54, 1.807) is 6.92 Å². The lowest BCUT2D eigenvalue weighted by Gasteiger charge is -2.30. The summed E-state index contributed by atoms with van der Waals surface area (Å²) >= 11 is 0. The minimum atomic E-state index is -4.51. The Hall–Kier alpha value is -1.87. The molecule has 1 N–H and O–H groups in total. The molecule has 130 valence electrons. The summed E-state index contributed by atoms with van der Waals surface area (Å²) in [5, 5.41) is 2.33. The number of amides is 2. The average molecular weight is 335 g/mol. The number of aryl methyl sites for hydroxylation is 1. The maximum Gasteiger partial charge on any atom is 0.416 e. The fourth-order valence-corrected chi connectivity index (χ4v) is 1.95. The van der Waals surface area contributed by atoms with E-state index in [0.717, 1.165) is 12.3 Å². The minimum absolute atomic E-state index is 0.0175. The summed E-state index contributed by atoms with van der Waals surface area (Å²) in [7, 11) is 4.32. The molecule has 0 fully saturated rings. The third-order valence-electron chi connectivity index (χ3n) is 3.43. The molecule has 1 heterocycles. The quantitative estimate of drug-likeness (QED) is 0.841. The molecule has 23 heavy (non-hydrogen) atoms. The molecule has 0 aliphatic carbocycles. The molecular formula is C14H20F3N3O3. The van der Waals surface area contributed by atoms with Crippen LogP contribution in [0.1, 0.15) is 18.1 Å². The van der Waals surface area contributed by atoms with Crippen LogP contribution in [0.4, 0.5) is 23.8 Å². The van der Waals surface area contributed by atoms with E-state index in [-0.39, 0.29) is 11.4 Å². The summed E-state index contributed by atoms with van der Waals surface area (Å²) in [6.45, 7) is 2.98. The van der Waals surface area contributed by atoms with E-state index in [4.69, 9.17) is 9.47 Å². The molecule has 0 saturated heterocycles. The zero-order valence-electron chi connectivity index (χ0n) is 13.6. The highest BCUT2D eigenvalue weighted by Crippen LogP contribution is 2.32. The first kappa shape index (κ1) is 19.2. The van der Waals surface area contributed by atoms with Gasteiger partial charge >= 0.3 is 12.2 Å². The van der Waals surface area contributed by atoms with E-state index in [0.29, 0.717) is 0 Å². The van der Waals surface area contributed by atoms with Crippen molar-refractivity contribution in [2.75, 3.05) is 26.6 Å². The van der Waals surface area contributed by atoms with Gasteiger partial charge in [0, 0.05) is 27.5 Å². The normalized spacial score (nSPS) is 13.1. The number of anilines is 1. The first-order chi connectivity index (χ1) is 10.6. The Morgan fingerprint density at radius 1 is 1.35 bits per heavy atom. The zero-order chi connectivity index (χ0) is 17.8. The number of nitrogens with one attached hydrogen (secondary N) is 1. The number of alkyl halides is 3. The summed E-state index contributed by atoms with van der Waals surface area (Å²) in [5.41, 5.74) is -0.860. The number of carbonyl (C=O) groups excluding carboxylic acids is 1. The average Bonchev–Trinajstić information content (AvgIpc) is 2.48. The first-order valence-electron chi connectivity index (χ1n) is 6.75. The van der Waals surface area contributed by atoms with Crippen molar-refractivity contribution in [1.29, 1.82) is 0 Å². The molecule has 0 radical (unpaired) electrons. The van der Waals surface area contributed by atoms with Gasteiger partial charge in [0.15, 0.2) is 6.29 Å². The number of nitrogens with zero attached hydrogens (tertiary/aromatic N) is 2. The number of ether oxygens (including phenoxy) is 2. The van der Waals surface area contributed by atoms with Crippen LogP contribution >= 0.6 is 0 Å². The molecule has 1 unspecified atom stereocenters. The Morgan fingerprint density at radius 3 is 2.39 bits per heavy atom. The number of aromatic nitrogens is 1. The maximum absolute atomic E-state index is 12.9. The van der Waals surface area contributed by atoms with Gasteiger partial charge < -0.3 is 14.4 Å². The second-order valence-electron chi connectivity index (χ2n) is 5.00. The summed E-state index contributed by atoms with van der Waals surface area (Å²) in [6.07, 6.45) is -4.11. The molecular weight excluding hydrogens is 315 g/mol. The smallest absolute Gasteiger partial charge is 0.354 e. The lowest BCUT2D eigenvalue weighted by molar-refractivity contribution is -0.138. The van der Waals surface area contributed by atoms with Gasteiger partial charge in [-0.15, -0.1) is 0 Å². The molecule has 0 aliphatic rings. The Morgan fingerprint density at radius 2 is 1.91 bits per heavy atom. The molecule has 0 spiro atoms. The summed E-state index contributed by atoms with van der Waals surface area (Å²) in [5.74, 6) is -0.182. The van der Waals surface area contributed by atoms with Gasteiger partial charge in [-0.3, -0.25) is 5.32 Å². The van der Waals surface area contributed by atoms with E-state index in [1.807, 2.05) is 0 Å². The van der Waals surface area contributed by atoms with Gasteiger partial charge in [-0.2, -0.15) is 13.2 Å². The third kappa shape index (κ3) is 4.80. The Labute approximate surface area is 132 Å². The van der Waals surface area contributed by atoms with Crippen LogP contribution in [0.25, 0.3) is 0 Å². The van der Waals surface area contributed by atoms with Crippen LogP contribution in [0.2, 0.25) is 0 Å². The van der Waals surface area contributed by atoms with Crippen molar-refractivity contribution in [2.45, 2.75) is 32.4 Å². The van der Waals surface area contributed by atoms with Gasteiger partial charge in [0.25, 0.3) is 0 Å². The van der Waals surface area contributed by atoms with E-state index < -0.39 is 30.1 Å². The van der Waals surface area contributed by atoms with Crippen molar-refractivity contribution >= 4 is 11.8 Å². The first-order valence-corrected chi connectivity index (χ1v) is 6.75. The molecule has 1 rings (SSSR count). The lowest BCUT2D eigenvalue weighted by atomic mass is 10.1. The SMILES string of the molecule is COC(OC)C(C)N(C)C(=O)Nc1cc(C(F)(F)F)c(C)cn1. The van der Waals surface area contributed by atoms with Crippen LogP contribution in [-0.2, 0) is 15.7 Å². The molecule has 6 nitrogen and oxygen atoms in total. The number of hydrogen-bond donors (Lipinski definition) is 1. The molecule has 0 bridgehead atoms. The van der Waals surface area contributed by atoms with Crippen LogP contribution in [0.15, 0.2) is 12.3 Å². The van der Waals surface area contributed by atoms with Crippen molar-refractivity contribution in [1.82, 2.24) is 9.88 Å². The van der Waals surface area contributed by atoms with E-state index >= 15 is 0 Å². The largest absolute Gasteiger partial charge is 0.416 e. The molecule has 1 atom stereocenters. The predicted octanol–water partition coefficient (Wildman–Crippen LogP) is 2.88. The fraction of sp³-hybridized carbons (Fsp3) is 0.571. The predicted molar refractivity (Wildman–Crippen MR) is 78.0 cm³/mol. The molecule has 2 amide bonds. The highest BCUT2D eigenvalue weighted by Gasteiger charge is 2.33. The van der Waals surface area contributed by atoms with Crippen molar-refractivity contribution < 1.29 is 27.4 Å². The Kier molecular flexibility index (Phi) is 6.34. The number of methoxy groups -OCH3 is 2. The number of hydrogen-bond acceptors (Lipinski definition) is 4. The summed E-state index contributed by atoms with van der Waals surface area (Å²) in [4.78, 5) is 17.2. The topological polar surface area (TPSA) is 63.7 Å². The van der Waals surface area contributed by atoms with Gasteiger partial charge in [-0.05, 0) is 25.5 Å².